The summed E-state index contributed by atoms with van der Waals surface area (Å²) in [7, 11) is 1.52. The van der Waals surface area contributed by atoms with Crippen molar-refractivity contribution < 1.29 is 13.9 Å². The topological polar surface area (TPSA) is 77.2 Å². The van der Waals surface area contributed by atoms with E-state index in [-0.39, 0.29) is 5.69 Å². The molecular formula is C10H14FN3O2. The Morgan fingerprint density at radius 3 is 3.12 bits per heavy atom. The van der Waals surface area contributed by atoms with Crippen molar-refractivity contribution in [3.8, 4) is 0 Å². The number of nitrogens with zero attached hydrogens (tertiary/aromatic N) is 1. The number of amides is 1. The molecule has 16 heavy (non-hydrogen) atoms. The monoisotopic (exact) mass is 227 g/mol. The summed E-state index contributed by atoms with van der Waals surface area (Å²) in [5.74, 6) is -1.03. The van der Waals surface area contributed by atoms with Gasteiger partial charge in [-0.15, -0.1) is 0 Å². The van der Waals surface area contributed by atoms with Crippen molar-refractivity contribution in [3.63, 3.8) is 0 Å². The number of anilines is 1. The average molecular weight is 227 g/mol. The first-order valence-corrected chi connectivity index (χ1v) is 4.80. The molecule has 0 aliphatic carbocycles. The third-order valence-corrected chi connectivity index (χ3v) is 2.00. The first-order valence-electron chi connectivity index (χ1n) is 4.80. The molecule has 0 aliphatic rings. The fraction of sp³-hybridized carbons (Fsp3) is 0.400. The Labute approximate surface area is 92.8 Å². The van der Waals surface area contributed by atoms with Crippen LogP contribution in [-0.4, -0.2) is 30.6 Å². The molecule has 6 heteroatoms. The molecule has 88 valence electrons. The number of methoxy groups -OCH3 is 1. The molecular weight excluding hydrogens is 213 g/mol. The molecule has 1 atom stereocenters. The van der Waals surface area contributed by atoms with Crippen LogP contribution in [0.25, 0.3) is 0 Å². The van der Waals surface area contributed by atoms with Gasteiger partial charge in [-0.05, 0) is 12.5 Å². The zero-order chi connectivity index (χ0) is 12.0. The zero-order valence-electron chi connectivity index (χ0n) is 8.94. The van der Waals surface area contributed by atoms with Crippen LogP contribution < -0.4 is 11.1 Å². The van der Waals surface area contributed by atoms with Crippen molar-refractivity contribution >= 4 is 11.6 Å². The molecule has 1 aromatic rings. The molecule has 1 aromatic heterocycles. The third kappa shape index (κ3) is 3.56. The van der Waals surface area contributed by atoms with Gasteiger partial charge in [0, 0.05) is 19.9 Å². The molecule has 0 radical (unpaired) electrons. The number of rotatable bonds is 5. The molecule has 0 aromatic carbocycles. The van der Waals surface area contributed by atoms with Gasteiger partial charge in [0.25, 0.3) is 0 Å². The van der Waals surface area contributed by atoms with Gasteiger partial charge in [-0.2, -0.15) is 0 Å². The minimum Gasteiger partial charge on any atom is -0.385 e. The number of hydrogen-bond donors (Lipinski definition) is 2. The minimum atomic E-state index is -0.715. The predicted molar refractivity (Wildman–Crippen MR) is 57.3 cm³/mol. The van der Waals surface area contributed by atoms with Crippen molar-refractivity contribution in [1.29, 1.82) is 0 Å². The normalized spacial score (nSPS) is 12.2. The second-order valence-corrected chi connectivity index (χ2v) is 3.23. The third-order valence-electron chi connectivity index (χ3n) is 2.00. The molecule has 5 nitrogen and oxygen atoms in total. The maximum Gasteiger partial charge on any atom is 0.241 e. The Hall–Kier alpha value is -1.53. The molecule has 0 saturated heterocycles. The summed E-state index contributed by atoms with van der Waals surface area (Å²) < 4.78 is 17.9. The lowest BCUT2D eigenvalue weighted by Gasteiger charge is -2.11. The lowest BCUT2D eigenvalue weighted by molar-refractivity contribution is -0.117. The van der Waals surface area contributed by atoms with E-state index in [0.717, 1.165) is 6.20 Å². The summed E-state index contributed by atoms with van der Waals surface area (Å²) in [6, 6.07) is 0.656. The van der Waals surface area contributed by atoms with Gasteiger partial charge in [-0.1, -0.05) is 0 Å². The Morgan fingerprint density at radius 1 is 1.75 bits per heavy atom. The summed E-state index contributed by atoms with van der Waals surface area (Å²) in [6.07, 6.45) is 2.80. The standard InChI is InChI=1S/C10H14FN3O2/c1-16-5-3-8(12)10(15)14-9-2-4-13-6-7(9)11/h2,4,6,8H,3,5,12H2,1H3,(H,13,14,15). The first kappa shape index (κ1) is 12.5. The van der Waals surface area contributed by atoms with Crippen LogP contribution in [0.4, 0.5) is 10.1 Å². The summed E-state index contributed by atoms with van der Waals surface area (Å²) in [5.41, 5.74) is 5.65. The van der Waals surface area contributed by atoms with Gasteiger partial charge in [0.15, 0.2) is 5.82 Å². The van der Waals surface area contributed by atoms with Crippen LogP contribution in [0.1, 0.15) is 6.42 Å². The van der Waals surface area contributed by atoms with Crippen LogP contribution in [0, 0.1) is 5.82 Å². The van der Waals surface area contributed by atoms with Crippen LogP contribution in [-0.2, 0) is 9.53 Å². The highest BCUT2D eigenvalue weighted by Crippen LogP contribution is 2.11. The maximum atomic E-state index is 13.1. The highest BCUT2D eigenvalue weighted by atomic mass is 19.1. The van der Waals surface area contributed by atoms with Crippen LogP contribution in [0.5, 0.6) is 0 Å². The van der Waals surface area contributed by atoms with E-state index in [4.69, 9.17) is 10.5 Å². The van der Waals surface area contributed by atoms with Gasteiger partial charge in [0.05, 0.1) is 17.9 Å². The number of hydrogen-bond acceptors (Lipinski definition) is 4. The summed E-state index contributed by atoms with van der Waals surface area (Å²) in [4.78, 5) is 15.1. The van der Waals surface area contributed by atoms with Crippen LogP contribution in [0.15, 0.2) is 18.5 Å². The minimum absolute atomic E-state index is 0.0767. The van der Waals surface area contributed by atoms with Gasteiger partial charge in [-0.25, -0.2) is 4.39 Å². The van der Waals surface area contributed by atoms with Gasteiger partial charge < -0.3 is 15.8 Å². The molecule has 3 N–H and O–H groups in total. The second kappa shape index (κ2) is 6.14. The van der Waals surface area contributed by atoms with Gasteiger partial charge in [0.2, 0.25) is 5.91 Å². The summed E-state index contributed by atoms with van der Waals surface area (Å²) in [5, 5.41) is 2.38. The van der Waals surface area contributed by atoms with Gasteiger partial charge in [0.1, 0.15) is 0 Å². The summed E-state index contributed by atoms with van der Waals surface area (Å²) in [6.45, 7) is 0.382. The summed E-state index contributed by atoms with van der Waals surface area (Å²) >= 11 is 0. The predicted octanol–water partition coefficient (Wildman–Crippen LogP) is 0.523. The number of ether oxygens (including phenoxy) is 1. The van der Waals surface area contributed by atoms with Crippen LogP contribution in [0.2, 0.25) is 0 Å². The van der Waals surface area contributed by atoms with E-state index < -0.39 is 17.8 Å². The van der Waals surface area contributed by atoms with E-state index in [0.29, 0.717) is 13.0 Å². The average Bonchev–Trinajstić information content (AvgIpc) is 2.28. The Bertz CT molecular complexity index is 360. The number of nitrogens with one attached hydrogen (secondary N) is 1. The number of carbonyl (C=O) groups excluding carboxylic acids is 1. The molecule has 1 unspecified atom stereocenters. The fourth-order valence-corrected chi connectivity index (χ4v) is 1.08. The van der Waals surface area contributed by atoms with E-state index in [1.807, 2.05) is 0 Å². The largest absolute Gasteiger partial charge is 0.385 e. The highest BCUT2D eigenvalue weighted by molar-refractivity contribution is 5.94. The Kier molecular flexibility index (Phi) is 4.81. The number of aromatic nitrogens is 1. The molecule has 1 rings (SSSR count). The second-order valence-electron chi connectivity index (χ2n) is 3.23. The highest BCUT2D eigenvalue weighted by Gasteiger charge is 2.14. The lowest BCUT2D eigenvalue weighted by atomic mass is 10.2. The number of halogens is 1. The molecule has 0 bridgehead atoms. The number of pyridine rings is 1. The Morgan fingerprint density at radius 2 is 2.50 bits per heavy atom. The molecule has 0 aliphatic heterocycles. The first-order chi connectivity index (χ1) is 7.65. The maximum absolute atomic E-state index is 13.1. The van der Waals surface area contributed by atoms with E-state index in [1.165, 1.54) is 19.4 Å². The van der Waals surface area contributed by atoms with E-state index in [1.54, 1.807) is 0 Å². The smallest absolute Gasteiger partial charge is 0.241 e. The van der Waals surface area contributed by atoms with Gasteiger partial charge >= 0.3 is 0 Å². The van der Waals surface area contributed by atoms with E-state index >= 15 is 0 Å². The molecule has 0 saturated carbocycles. The van der Waals surface area contributed by atoms with Crippen molar-refractivity contribution in [1.82, 2.24) is 4.98 Å². The quantitative estimate of drug-likeness (QED) is 0.769. The van der Waals surface area contributed by atoms with Gasteiger partial charge in [-0.3, -0.25) is 9.78 Å². The van der Waals surface area contributed by atoms with E-state index in [9.17, 15) is 9.18 Å². The SMILES string of the molecule is COCCC(N)C(=O)Nc1ccncc1F. The van der Waals surface area contributed by atoms with Crippen molar-refractivity contribution in [3.05, 3.63) is 24.3 Å². The van der Waals surface area contributed by atoms with Crippen LogP contribution in [0.3, 0.4) is 0 Å². The molecule has 1 heterocycles. The molecule has 0 fully saturated rings. The fourth-order valence-electron chi connectivity index (χ4n) is 1.08. The zero-order valence-corrected chi connectivity index (χ0v) is 8.94. The lowest BCUT2D eigenvalue weighted by Crippen LogP contribution is -2.36. The van der Waals surface area contributed by atoms with E-state index in [2.05, 4.69) is 10.3 Å². The number of nitrogens with two attached hydrogens (primary N) is 1. The molecule has 0 spiro atoms. The number of carbonyl (C=O) groups is 1. The Balaban J connectivity index is 2.54. The van der Waals surface area contributed by atoms with Crippen molar-refractivity contribution in [2.45, 2.75) is 12.5 Å². The van der Waals surface area contributed by atoms with Crippen molar-refractivity contribution in [2.24, 2.45) is 5.73 Å². The van der Waals surface area contributed by atoms with Crippen LogP contribution >= 0.6 is 0 Å². The molecule has 1 amide bonds. The van der Waals surface area contributed by atoms with Crippen molar-refractivity contribution in [2.75, 3.05) is 19.0 Å².